The molecule has 2 aromatic rings. The number of imidazole rings is 1. The number of rotatable bonds is 10. The highest BCUT2D eigenvalue weighted by Gasteiger charge is 2.54. The van der Waals surface area contributed by atoms with Crippen LogP contribution in [0.25, 0.3) is 11.2 Å². The van der Waals surface area contributed by atoms with Gasteiger partial charge in [0.2, 0.25) is 5.95 Å². The van der Waals surface area contributed by atoms with Gasteiger partial charge in [-0.05, 0) is 35.0 Å². The van der Waals surface area contributed by atoms with Crippen LogP contribution in [0.3, 0.4) is 0 Å². The van der Waals surface area contributed by atoms with Gasteiger partial charge in [-0.25, -0.2) is 4.98 Å². The first-order valence-electron chi connectivity index (χ1n) is 12.3. The molecule has 0 unspecified atom stereocenters. The van der Waals surface area contributed by atoms with Crippen LogP contribution >= 0.6 is 0 Å². The summed E-state index contributed by atoms with van der Waals surface area (Å²) in [4.78, 5) is 34.6. The molecule has 34 heavy (non-hydrogen) atoms. The molecule has 0 bridgehead atoms. The summed E-state index contributed by atoms with van der Waals surface area (Å²) in [7, 11) is -5.80. The van der Waals surface area contributed by atoms with Gasteiger partial charge in [0.05, 0.1) is 19.0 Å². The Morgan fingerprint density at radius 2 is 1.76 bits per heavy atom. The highest BCUT2D eigenvalue weighted by Crippen LogP contribution is 2.43. The van der Waals surface area contributed by atoms with E-state index in [0.29, 0.717) is 12.3 Å². The molecule has 0 amide bonds. The topological polar surface area (TPSA) is 138 Å². The maximum absolute atomic E-state index is 12.1. The van der Waals surface area contributed by atoms with Gasteiger partial charge in [0.1, 0.15) is 6.23 Å². The maximum Gasteiger partial charge on any atom is 0.334 e. The molecule has 0 saturated carbocycles. The number of aromatic nitrogens is 4. The molecule has 0 aliphatic carbocycles. The average molecular weight is 512 g/mol. The van der Waals surface area contributed by atoms with Crippen LogP contribution in [-0.2, 0) is 13.3 Å². The molecule has 1 aliphatic rings. The summed E-state index contributed by atoms with van der Waals surface area (Å²) in [5.41, 5.74) is 6.46. The van der Waals surface area contributed by atoms with E-state index in [2.05, 4.69) is 42.6 Å². The van der Waals surface area contributed by atoms with Gasteiger partial charge in [0.25, 0.3) is 5.56 Å². The second-order valence-electron chi connectivity index (χ2n) is 10.6. The Morgan fingerprint density at radius 1 is 1.15 bits per heavy atom. The summed E-state index contributed by atoms with van der Waals surface area (Å²) >= 11 is 0. The van der Waals surface area contributed by atoms with Crippen molar-refractivity contribution in [3.63, 3.8) is 0 Å². The Hall–Kier alpha value is -1.58. The fourth-order valence-electron chi connectivity index (χ4n) is 4.81. The maximum atomic E-state index is 12.1. The van der Waals surface area contributed by atoms with Crippen molar-refractivity contribution in [3.05, 3.63) is 16.7 Å². The molecular weight excluding hydrogens is 470 g/mol. The molecule has 4 N–H and O–H groups in total. The Labute approximate surface area is 203 Å². The lowest BCUT2D eigenvalue weighted by atomic mass is 10.2. The smallest absolute Gasteiger partial charge is 0.334 e. The summed E-state index contributed by atoms with van der Waals surface area (Å²) in [6.07, 6.45) is 2.66. The van der Waals surface area contributed by atoms with Crippen LogP contribution in [0, 0.1) is 0 Å². The minimum atomic E-state index is -3.01. The van der Waals surface area contributed by atoms with Crippen LogP contribution in [0.2, 0.25) is 22.2 Å². The monoisotopic (exact) mass is 511 g/mol. The lowest BCUT2D eigenvalue weighted by Crippen LogP contribution is -2.60. The van der Waals surface area contributed by atoms with E-state index >= 15 is 0 Å². The van der Waals surface area contributed by atoms with Crippen LogP contribution in [0.4, 0.5) is 5.95 Å². The second-order valence-corrected chi connectivity index (χ2v) is 19.2. The molecule has 192 valence electrons. The molecule has 10 nitrogen and oxygen atoms in total. The van der Waals surface area contributed by atoms with Gasteiger partial charge >= 0.3 is 17.1 Å². The van der Waals surface area contributed by atoms with E-state index in [4.69, 9.17) is 19.0 Å². The molecule has 1 fully saturated rings. The van der Waals surface area contributed by atoms with Crippen LogP contribution in [0.15, 0.2) is 11.1 Å². The number of hydrogen-bond acceptors (Lipinski definition) is 8. The van der Waals surface area contributed by atoms with Crippen LogP contribution in [-0.4, -0.2) is 54.1 Å². The van der Waals surface area contributed by atoms with E-state index in [1.54, 1.807) is 10.9 Å². The SMILES string of the molecule is CC(C)[Si](O)(O[Si](OC[C@@H]1CC[C@H](n2cnc3c(=O)[nH]c(N)nc32)O1)(C(C)C)C(C)C)C(C)C. The minimum absolute atomic E-state index is 0.0471. The summed E-state index contributed by atoms with van der Waals surface area (Å²) in [5, 5.41) is 0. The predicted molar refractivity (Wildman–Crippen MR) is 137 cm³/mol. The number of anilines is 1. The molecule has 3 heterocycles. The predicted octanol–water partition coefficient (Wildman–Crippen LogP) is 3.93. The molecule has 12 heteroatoms. The average Bonchev–Trinajstić information content (AvgIpc) is 3.36. The number of nitrogen functional groups attached to an aromatic ring is 1. The van der Waals surface area contributed by atoms with E-state index in [-0.39, 0.29) is 51.5 Å². The molecular formula is C22H41N5O5Si2. The fourth-order valence-corrected chi connectivity index (χ4v) is 14.6. The number of ether oxygens (including phenoxy) is 1. The van der Waals surface area contributed by atoms with Crippen molar-refractivity contribution in [3.8, 4) is 0 Å². The van der Waals surface area contributed by atoms with Crippen LogP contribution in [0.5, 0.6) is 0 Å². The van der Waals surface area contributed by atoms with Crippen molar-refractivity contribution < 1.29 is 18.1 Å². The minimum Gasteiger partial charge on any atom is -0.414 e. The van der Waals surface area contributed by atoms with Crippen LogP contribution in [0.1, 0.15) is 74.5 Å². The van der Waals surface area contributed by atoms with E-state index in [1.165, 1.54) is 0 Å². The molecule has 0 radical (unpaired) electrons. The molecule has 2 atom stereocenters. The molecule has 1 saturated heterocycles. The first-order valence-corrected chi connectivity index (χ1v) is 16.2. The first kappa shape index (κ1) is 27.0. The number of aromatic amines is 1. The van der Waals surface area contributed by atoms with Crippen molar-refractivity contribution >= 4 is 34.2 Å². The Kier molecular flexibility index (Phi) is 8.10. The highest BCUT2D eigenvalue weighted by molar-refractivity contribution is 6.83. The number of fused-ring (bicyclic) bond motifs is 1. The van der Waals surface area contributed by atoms with Gasteiger partial charge in [-0.15, -0.1) is 0 Å². The van der Waals surface area contributed by atoms with Gasteiger partial charge in [0, 0.05) is 0 Å². The van der Waals surface area contributed by atoms with E-state index in [9.17, 15) is 9.59 Å². The third-order valence-electron chi connectivity index (χ3n) is 6.93. The molecule has 0 aromatic carbocycles. The number of hydrogen-bond donors (Lipinski definition) is 3. The Morgan fingerprint density at radius 3 is 2.32 bits per heavy atom. The summed E-state index contributed by atoms with van der Waals surface area (Å²) in [6.45, 7) is 17.1. The van der Waals surface area contributed by atoms with Gasteiger partial charge in [-0.1, -0.05) is 55.4 Å². The first-order chi connectivity index (χ1) is 15.8. The van der Waals surface area contributed by atoms with Crippen molar-refractivity contribution in [2.75, 3.05) is 12.3 Å². The molecule has 3 rings (SSSR count). The Balaban J connectivity index is 1.78. The lowest BCUT2D eigenvalue weighted by Gasteiger charge is -2.46. The van der Waals surface area contributed by atoms with Gasteiger partial charge in [-0.2, -0.15) is 4.98 Å². The highest BCUT2D eigenvalue weighted by atomic mass is 28.5. The van der Waals surface area contributed by atoms with E-state index in [0.717, 1.165) is 12.8 Å². The van der Waals surface area contributed by atoms with Gasteiger partial charge in [-0.3, -0.25) is 14.3 Å². The lowest BCUT2D eigenvalue weighted by molar-refractivity contribution is -0.0225. The van der Waals surface area contributed by atoms with Crippen molar-refractivity contribution in [2.24, 2.45) is 0 Å². The Bertz CT molecular complexity index is 1020. The van der Waals surface area contributed by atoms with Crippen molar-refractivity contribution in [2.45, 2.75) is 103 Å². The van der Waals surface area contributed by atoms with E-state index < -0.39 is 17.1 Å². The standard InChI is InChI=1S/C22H41N5O5Si2/c1-13(2)33(29,14(3)4)32-34(15(5)6,16(7)8)30-11-17-9-10-18(31-17)27-12-24-19-20(27)25-22(23)26-21(19)28/h12-18,29H,9-11H2,1-8H3,(H3,23,25,26,28)/t17-,18+/m0/s1. The number of nitrogens with one attached hydrogen (secondary N) is 1. The summed E-state index contributed by atoms with van der Waals surface area (Å²) in [5.74, 6) is 0.0471. The number of nitrogens with two attached hydrogens (primary N) is 1. The molecule has 2 aromatic heterocycles. The van der Waals surface area contributed by atoms with Gasteiger partial charge in [0.15, 0.2) is 11.2 Å². The number of H-pyrrole nitrogens is 1. The van der Waals surface area contributed by atoms with Gasteiger partial charge < -0.3 is 23.8 Å². The van der Waals surface area contributed by atoms with Crippen molar-refractivity contribution in [1.82, 2.24) is 19.5 Å². The normalized spacial score (nSPS) is 20.0. The summed E-state index contributed by atoms with van der Waals surface area (Å²) < 4.78 is 21.5. The largest absolute Gasteiger partial charge is 0.414 e. The van der Waals surface area contributed by atoms with Crippen LogP contribution < -0.4 is 11.3 Å². The third kappa shape index (κ3) is 5.02. The fraction of sp³-hybridized carbons (Fsp3) is 0.773. The van der Waals surface area contributed by atoms with Crippen molar-refractivity contribution in [1.29, 1.82) is 0 Å². The number of nitrogens with zero attached hydrogens (tertiary/aromatic N) is 3. The van der Waals surface area contributed by atoms with E-state index in [1.807, 2.05) is 27.7 Å². The quantitative estimate of drug-likeness (QED) is 0.408. The zero-order valence-corrected chi connectivity index (χ0v) is 23.7. The third-order valence-corrected chi connectivity index (χ3v) is 16.7. The summed E-state index contributed by atoms with van der Waals surface area (Å²) in [6, 6.07) is 0. The molecule has 1 aliphatic heterocycles. The zero-order chi connectivity index (χ0) is 25.4. The second kappa shape index (κ2) is 10.2. The molecule has 0 spiro atoms. The zero-order valence-electron chi connectivity index (χ0n) is 21.7.